The fourth-order valence-electron chi connectivity index (χ4n) is 7.59. The number of amides is 1. The van der Waals surface area contributed by atoms with Crippen molar-refractivity contribution in [1.82, 2.24) is 19.4 Å². The standard InChI is InChI=1S/C40H44BFN4O5S/c1-38(2,3)49-37(47)45-16-8-9-29(45)35-43-21-27(44-35)23-18-26(42)34-30-19-24-17-25(41-50-39(4,5)40(6,7)51-41)12-13-28(24)46(30)36(48-31(34)20-23)33-15-14-32(52-33)22-10-11-22/h12-15,17-22,29,36H,8-11,16H2,1-7H3,(H,43,44)/t29-,36?/m0/s1. The molecule has 3 fully saturated rings. The van der Waals surface area contributed by atoms with Crippen LogP contribution in [0.25, 0.3) is 33.4 Å². The van der Waals surface area contributed by atoms with Crippen LogP contribution < -0.4 is 10.2 Å². The maximum Gasteiger partial charge on any atom is 0.494 e. The highest BCUT2D eigenvalue weighted by atomic mass is 32.1. The number of aromatic amines is 1. The van der Waals surface area contributed by atoms with Crippen LogP contribution in [-0.2, 0) is 14.0 Å². The highest BCUT2D eigenvalue weighted by Gasteiger charge is 2.52. The second kappa shape index (κ2) is 11.7. The Kier molecular flexibility index (Phi) is 7.57. The number of aromatic nitrogens is 3. The molecule has 2 atom stereocenters. The number of hydrogen-bond acceptors (Lipinski definition) is 7. The molecule has 3 aliphatic heterocycles. The number of carbonyl (C=O) groups is 1. The van der Waals surface area contributed by atoms with Gasteiger partial charge in [0.25, 0.3) is 0 Å². The number of ether oxygens (including phenoxy) is 2. The summed E-state index contributed by atoms with van der Waals surface area (Å²) in [6.07, 6.45) is 4.91. The van der Waals surface area contributed by atoms with Gasteiger partial charge in [-0.25, -0.2) is 14.2 Å². The van der Waals surface area contributed by atoms with Crippen molar-refractivity contribution >= 4 is 40.9 Å². The van der Waals surface area contributed by atoms with Crippen LogP contribution in [0.2, 0.25) is 0 Å². The summed E-state index contributed by atoms with van der Waals surface area (Å²) in [5.74, 6) is 1.34. The van der Waals surface area contributed by atoms with Gasteiger partial charge in [-0.05, 0) is 122 Å². The van der Waals surface area contributed by atoms with Crippen molar-refractivity contribution in [3.8, 4) is 28.3 Å². The summed E-state index contributed by atoms with van der Waals surface area (Å²) in [6, 6.07) is 15.8. The van der Waals surface area contributed by atoms with Gasteiger partial charge in [0.05, 0.1) is 50.8 Å². The Morgan fingerprint density at radius 3 is 2.50 bits per heavy atom. The van der Waals surface area contributed by atoms with E-state index in [0.29, 0.717) is 40.9 Å². The van der Waals surface area contributed by atoms with E-state index in [-0.39, 0.29) is 12.1 Å². The van der Waals surface area contributed by atoms with E-state index in [9.17, 15) is 4.79 Å². The number of halogens is 1. The van der Waals surface area contributed by atoms with Crippen LogP contribution in [0.3, 0.4) is 0 Å². The number of likely N-dealkylation sites (tertiary alicyclic amines) is 1. The van der Waals surface area contributed by atoms with Gasteiger partial charge in [0.2, 0.25) is 6.23 Å². The molecule has 52 heavy (non-hydrogen) atoms. The van der Waals surface area contributed by atoms with Crippen LogP contribution in [0.15, 0.2) is 54.7 Å². The fourth-order valence-corrected chi connectivity index (χ4v) is 8.79. The first-order chi connectivity index (χ1) is 24.7. The molecule has 9 nitrogen and oxygen atoms in total. The molecule has 3 aromatic heterocycles. The van der Waals surface area contributed by atoms with Crippen LogP contribution >= 0.6 is 11.3 Å². The van der Waals surface area contributed by atoms with Crippen LogP contribution in [0.1, 0.15) is 108 Å². The number of thiophene rings is 1. The number of hydrogen-bond donors (Lipinski definition) is 1. The number of carbonyl (C=O) groups excluding carboxylic acids is 1. The van der Waals surface area contributed by atoms with Crippen LogP contribution in [0.4, 0.5) is 9.18 Å². The monoisotopic (exact) mass is 722 g/mol. The molecule has 0 radical (unpaired) electrons. The summed E-state index contributed by atoms with van der Waals surface area (Å²) in [6.45, 7) is 14.4. The lowest BCUT2D eigenvalue weighted by Gasteiger charge is -2.32. The van der Waals surface area contributed by atoms with Crippen molar-refractivity contribution < 1.29 is 28.0 Å². The van der Waals surface area contributed by atoms with Gasteiger partial charge in [0, 0.05) is 22.4 Å². The van der Waals surface area contributed by atoms with E-state index < -0.39 is 36.0 Å². The Labute approximate surface area is 307 Å². The summed E-state index contributed by atoms with van der Waals surface area (Å²) >= 11 is 1.77. The van der Waals surface area contributed by atoms with E-state index in [1.165, 1.54) is 23.8 Å². The third kappa shape index (κ3) is 5.65. The van der Waals surface area contributed by atoms with Crippen molar-refractivity contribution in [3.63, 3.8) is 0 Å². The van der Waals surface area contributed by atoms with Crippen molar-refractivity contribution in [3.05, 3.63) is 76.1 Å². The molecular formula is C40H44BFN4O5S. The van der Waals surface area contributed by atoms with E-state index in [0.717, 1.165) is 39.8 Å². The third-order valence-corrected chi connectivity index (χ3v) is 12.4. The molecule has 1 N–H and O–H groups in total. The predicted molar refractivity (Wildman–Crippen MR) is 201 cm³/mol. The smallest absolute Gasteiger partial charge is 0.464 e. The van der Waals surface area contributed by atoms with Gasteiger partial charge in [0.1, 0.15) is 23.0 Å². The average Bonchev–Trinajstić information content (AvgIpc) is 3.53. The summed E-state index contributed by atoms with van der Waals surface area (Å²) in [7, 11) is -0.511. The molecule has 12 heteroatoms. The molecule has 0 spiro atoms. The molecule has 5 aromatic rings. The highest BCUT2D eigenvalue weighted by molar-refractivity contribution is 7.12. The molecule has 6 heterocycles. The Morgan fingerprint density at radius 2 is 1.77 bits per heavy atom. The number of nitrogens with one attached hydrogen (secondary N) is 1. The Hall–Kier alpha value is -4.13. The molecule has 1 amide bonds. The van der Waals surface area contributed by atoms with Gasteiger partial charge >= 0.3 is 13.2 Å². The van der Waals surface area contributed by atoms with E-state index in [4.69, 9.17) is 18.8 Å². The molecule has 1 unspecified atom stereocenters. The lowest BCUT2D eigenvalue weighted by Crippen LogP contribution is -2.41. The van der Waals surface area contributed by atoms with E-state index in [1.54, 1.807) is 22.4 Å². The summed E-state index contributed by atoms with van der Waals surface area (Å²) in [5.41, 5.74) is 2.77. The normalized spacial score (nSPS) is 22.1. The minimum absolute atomic E-state index is 0.246. The second-order valence-corrected chi connectivity index (χ2v) is 17.8. The van der Waals surface area contributed by atoms with Crippen molar-refractivity contribution in [1.29, 1.82) is 0 Å². The van der Waals surface area contributed by atoms with E-state index in [1.807, 2.05) is 60.6 Å². The van der Waals surface area contributed by atoms with Gasteiger partial charge in [-0.3, -0.25) is 9.47 Å². The number of rotatable bonds is 5. The minimum Gasteiger partial charge on any atom is -0.464 e. The Morgan fingerprint density at radius 1 is 1.02 bits per heavy atom. The molecule has 9 rings (SSSR count). The number of benzene rings is 2. The Balaban J connectivity index is 1.10. The fraction of sp³-hybridized carbons (Fsp3) is 0.450. The van der Waals surface area contributed by atoms with Crippen molar-refractivity contribution in [2.45, 2.75) is 109 Å². The largest absolute Gasteiger partial charge is 0.494 e. The average molecular weight is 723 g/mol. The van der Waals surface area contributed by atoms with E-state index in [2.05, 4.69) is 44.9 Å². The maximum absolute atomic E-state index is 16.6. The molecule has 1 saturated carbocycles. The van der Waals surface area contributed by atoms with Gasteiger partial charge in [-0.2, -0.15) is 0 Å². The zero-order chi connectivity index (χ0) is 36.3. The lowest BCUT2D eigenvalue weighted by molar-refractivity contribution is 0.00578. The number of nitrogens with zero attached hydrogens (tertiary/aromatic N) is 3. The number of imidazole rings is 1. The predicted octanol–water partition coefficient (Wildman–Crippen LogP) is 9.09. The summed E-state index contributed by atoms with van der Waals surface area (Å²) in [4.78, 5) is 25.2. The van der Waals surface area contributed by atoms with Crippen LogP contribution in [0.5, 0.6) is 5.75 Å². The van der Waals surface area contributed by atoms with Gasteiger partial charge < -0.3 is 23.8 Å². The first-order valence-corrected chi connectivity index (χ1v) is 19.1. The zero-order valence-electron chi connectivity index (χ0n) is 30.7. The van der Waals surface area contributed by atoms with Gasteiger partial charge in [0.15, 0.2) is 0 Å². The first kappa shape index (κ1) is 33.7. The topological polar surface area (TPSA) is 90.8 Å². The number of H-pyrrole nitrogens is 1. The summed E-state index contributed by atoms with van der Waals surface area (Å²) in [5, 5.41) is 0.954. The van der Waals surface area contributed by atoms with Crippen molar-refractivity contribution in [2.75, 3.05) is 6.54 Å². The quantitative estimate of drug-likeness (QED) is 0.182. The Bertz CT molecular complexity index is 2210. The van der Waals surface area contributed by atoms with E-state index >= 15 is 4.39 Å². The SMILES string of the molecule is CC(C)(C)OC(=O)N1CCC[C@H]1c1ncc(-c2cc(F)c3c(c2)OC(c2ccc(C4CC4)s2)n2c-3cc3cc(B4OC(C)(C)C(C)(C)O4)ccc32)[nH]1. The molecule has 1 aliphatic carbocycles. The molecule has 2 saturated heterocycles. The number of fused-ring (bicyclic) bond motifs is 5. The minimum atomic E-state index is -0.596. The van der Waals surface area contributed by atoms with Gasteiger partial charge in [-0.15, -0.1) is 11.3 Å². The summed E-state index contributed by atoms with van der Waals surface area (Å²) < 4.78 is 44.0. The molecule has 0 bridgehead atoms. The van der Waals surface area contributed by atoms with Crippen LogP contribution in [-0.4, -0.2) is 56.0 Å². The van der Waals surface area contributed by atoms with Gasteiger partial charge in [-0.1, -0.05) is 12.1 Å². The molecule has 2 aromatic carbocycles. The molecule has 270 valence electrons. The first-order valence-electron chi connectivity index (χ1n) is 18.3. The molecule has 4 aliphatic rings. The van der Waals surface area contributed by atoms with Crippen LogP contribution in [0, 0.1) is 5.82 Å². The zero-order valence-corrected chi connectivity index (χ0v) is 31.5. The molecular weight excluding hydrogens is 678 g/mol. The second-order valence-electron chi connectivity index (χ2n) is 16.6. The lowest BCUT2D eigenvalue weighted by atomic mass is 9.78. The third-order valence-electron chi connectivity index (χ3n) is 11.1. The highest BCUT2D eigenvalue weighted by Crippen LogP contribution is 2.50. The van der Waals surface area contributed by atoms with Crippen molar-refractivity contribution in [2.24, 2.45) is 0 Å². The maximum atomic E-state index is 16.6.